The maximum atomic E-state index is 13.2. The predicted molar refractivity (Wildman–Crippen MR) is 112 cm³/mol. The van der Waals surface area contributed by atoms with E-state index in [1.807, 2.05) is 10.8 Å². The van der Waals surface area contributed by atoms with Gasteiger partial charge in [0.25, 0.3) is 0 Å². The number of anilines is 1. The van der Waals surface area contributed by atoms with E-state index >= 15 is 0 Å². The van der Waals surface area contributed by atoms with Crippen LogP contribution in [0.3, 0.4) is 0 Å². The van der Waals surface area contributed by atoms with Crippen molar-refractivity contribution in [1.29, 1.82) is 0 Å². The first-order valence-corrected chi connectivity index (χ1v) is 10.8. The van der Waals surface area contributed by atoms with Crippen LogP contribution in [0.15, 0.2) is 24.4 Å². The van der Waals surface area contributed by atoms with E-state index in [0.29, 0.717) is 23.3 Å². The molecule has 2 atom stereocenters. The second kappa shape index (κ2) is 9.32. The Balaban J connectivity index is 1.49. The van der Waals surface area contributed by atoms with Gasteiger partial charge in [0.2, 0.25) is 11.9 Å². The van der Waals surface area contributed by atoms with Gasteiger partial charge in [-0.2, -0.15) is 13.2 Å². The van der Waals surface area contributed by atoms with Crippen molar-refractivity contribution in [2.45, 2.75) is 50.9 Å². The maximum Gasteiger partial charge on any atom is 0.391 e. The molecule has 4 rings (SSSR count). The van der Waals surface area contributed by atoms with Crippen LogP contribution in [0.1, 0.15) is 42.1 Å². The minimum atomic E-state index is -4.51. The molecule has 2 aliphatic heterocycles. The number of aromatic nitrogens is 2. The highest BCUT2D eigenvalue weighted by Gasteiger charge is 2.38. The average Bonchev–Trinajstić information content (AvgIpc) is 3.10. The Kier molecular flexibility index (Phi) is 6.48. The molecule has 2 aromatic rings. The summed E-state index contributed by atoms with van der Waals surface area (Å²) in [6, 6.07) is 3.45. The smallest absolute Gasteiger partial charge is 0.391 e. The van der Waals surface area contributed by atoms with Crippen molar-refractivity contribution < 1.29 is 32.6 Å². The number of carbonyl (C=O) groups excluding carboxylic acids is 1. The third-order valence-corrected chi connectivity index (χ3v) is 5.82. The summed E-state index contributed by atoms with van der Waals surface area (Å²) in [5.41, 5.74) is 1.66. The van der Waals surface area contributed by atoms with Gasteiger partial charge >= 0.3 is 12.1 Å². The summed E-state index contributed by atoms with van der Waals surface area (Å²) in [6.45, 7) is 2.06. The number of carbonyl (C=O) groups is 2. The topological polar surface area (TPSA) is 105 Å². The fourth-order valence-corrected chi connectivity index (χ4v) is 4.29. The van der Waals surface area contributed by atoms with Crippen molar-refractivity contribution in [3.63, 3.8) is 0 Å². The number of fused-ring (bicyclic) bond motifs is 2. The van der Waals surface area contributed by atoms with E-state index in [0.717, 1.165) is 31.2 Å². The zero-order valence-electron chi connectivity index (χ0n) is 17.8. The summed E-state index contributed by atoms with van der Waals surface area (Å²) in [5.74, 6) is -1.60. The number of carboxylic acid groups (broad SMARTS) is 1. The molecule has 0 spiro atoms. The zero-order chi connectivity index (χ0) is 23.6. The summed E-state index contributed by atoms with van der Waals surface area (Å²) in [6.07, 6.45) is -2.64. The molecular weight excluding hydrogens is 441 g/mol. The molecule has 8 nitrogen and oxygen atoms in total. The van der Waals surface area contributed by atoms with E-state index in [-0.39, 0.29) is 13.0 Å². The van der Waals surface area contributed by atoms with E-state index in [1.54, 1.807) is 12.1 Å². The Bertz CT molecular complexity index is 1010. The van der Waals surface area contributed by atoms with Crippen molar-refractivity contribution in [2.75, 3.05) is 18.5 Å². The van der Waals surface area contributed by atoms with Gasteiger partial charge < -0.3 is 25.0 Å². The average molecular weight is 466 g/mol. The number of aryl methyl sites for hydroxylation is 1. The normalized spacial score (nSPS) is 20.2. The molecule has 3 N–H and O–H groups in total. The van der Waals surface area contributed by atoms with Gasteiger partial charge in [0.15, 0.2) is 0 Å². The molecule has 0 bridgehead atoms. The standard InChI is InChI=1S/C22H25F3N4O4/c23-22(24,25)11-18-17-10-16(3-2-13(17)8-14(9-19(30)31)20(32)28-18)33-7-4-15-12-29-6-1-5-26-21(29)27-15/h2-3,10,12,14,18H,1,4-9,11H2,(H,26,27)(H,28,32)(H,30,31)/t14-,18?/m0/s1. The van der Waals surface area contributed by atoms with Crippen LogP contribution in [0.4, 0.5) is 19.1 Å². The minimum absolute atomic E-state index is 0.0509. The lowest BCUT2D eigenvalue weighted by atomic mass is 9.92. The van der Waals surface area contributed by atoms with Crippen LogP contribution in [-0.4, -0.2) is 45.9 Å². The molecule has 3 heterocycles. The number of hydrogen-bond donors (Lipinski definition) is 3. The molecular formula is C22H25F3N4O4. The summed E-state index contributed by atoms with van der Waals surface area (Å²) in [4.78, 5) is 28.0. The van der Waals surface area contributed by atoms with E-state index in [1.165, 1.54) is 6.07 Å². The Morgan fingerprint density at radius 3 is 2.88 bits per heavy atom. The number of aliphatic carboxylic acids is 1. The summed E-state index contributed by atoms with van der Waals surface area (Å²) < 4.78 is 47.4. The molecule has 2 aliphatic rings. The number of alkyl halides is 3. The van der Waals surface area contributed by atoms with Crippen LogP contribution in [0, 0.1) is 5.92 Å². The van der Waals surface area contributed by atoms with E-state index in [9.17, 15) is 22.8 Å². The second-order valence-electron chi connectivity index (χ2n) is 8.37. The van der Waals surface area contributed by atoms with Crippen molar-refractivity contribution in [1.82, 2.24) is 14.9 Å². The van der Waals surface area contributed by atoms with Gasteiger partial charge in [-0.15, -0.1) is 0 Å². The SMILES string of the molecule is O=C(O)C[C@@H]1Cc2ccc(OCCc3cn4c(n3)NCCC4)cc2C(CC(F)(F)F)NC1=O. The summed E-state index contributed by atoms with van der Waals surface area (Å²) in [7, 11) is 0. The van der Waals surface area contributed by atoms with Crippen molar-refractivity contribution in [3.8, 4) is 5.75 Å². The lowest BCUT2D eigenvalue weighted by molar-refractivity contribution is -0.146. The molecule has 178 valence electrons. The van der Waals surface area contributed by atoms with Crippen LogP contribution in [0.2, 0.25) is 0 Å². The number of imidazole rings is 1. The van der Waals surface area contributed by atoms with Gasteiger partial charge in [-0.25, -0.2) is 4.98 Å². The largest absolute Gasteiger partial charge is 0.493 e. The number of ether oxygens (including phenoxy) is 1. The van der Waals surface area contributed by atoms with Gasteiger partial charge in [-0.05, 0) is 36.1 Å². The highest BCUT2D eigenvalue weighted by Crippen LogP contribution is 2.36. The molecule has 0 fully saturated rings. The molecule has 0 saturated heterocycles. The molecule has 1 unspecified atom stereocenters. The van der Waals surface area contributed by atoms with Crippen molar-refractivity contribution in [3.05, 3.63) is 41.2 Å². The highest BCUT2D eigenvalue weighted by molar-refractivity contribution is 5.84. The Labute approximate surface area is 188 Å². The first-order valence-electron chi connectivity index (χ1n) is 10.8. The van der Waals surface area contributed by atoms with Crippen LogP contribution >= 0.6 is 0 Å². The lowest BCUT2D eigenvalue weighted by Gasteiger charge is -2.21. The number of benzene rings is 1. The third-order valence-electron chi connectivity index (χ3n) is 5.82. The van der Waals surface area contributed by atoms with Gasteiger partial charge in [0, 0.05) is 25.7 Å². The number of nitrogens with one attached hydrogen (secondary N) is 2. The van der Waals surface area contributed by atoms with Crippen molar-refractivity contribution in [2.24, 2.45) is 5.92 Å². The zero-order valence-corrected chi connectivity index (χ0v) is 17.8. The highest BCUT2D eigenvalue weighted by atomic mass is 19.4. The Morgan fingerprint density at radius 2 is 2.15 bits per heavy atom. The molecule has 1 aromatic heterocycles. The Hall–Kier alpha value is -3.24. The maximum absolute atomic E-state index is 13.2. The molecule has 0 aliphatic carbocycles. The van der Waals surface area contributed by atoms with Gasteiger partial charge in [0.05, 0.1) is 37.1 Å². The number of carboxylic acids is 1. The molecule has 33 heavy (non-hydrogen) atoms. The lowest BCUT2D eigenvalue weighted by Crippen LogP contribution is -2.35. The second-order valence-corrected chi connectivity index (χ2v) is 8.37. The number of rotatable bonds is 7. The third kappa shape index (κ3) is 5.77. The first-order chi connectivity index (χ1) is 15.7. The number of halogens is 3. The number of amides is 1. The fraction of sp³-hybridized carbons (Fsp3) is 0.500. The molecule has 1 amide bonds. The van der Waals surface area contributed by atoms with Crippen LogP contribution < -0.4 is 15.4 Å². The first kappa shape index (κ1) is 22.9. The number of nitrogens with zero attached hydrogens (tertiary/aromatic N) is 2. The summed E-state index contributed by atoms with van der Waals surface area (Å²) >= 11 is 0. The van der Waals surface area contributed by atoms with Crippen LogP contribution in [0.25, 0.3) is 0 Å². The van der Waals surface area contributed by atoms with Crippen molar-refractivity contribution >= 4 is 17.8 Å². The number of hydrogen-bond acceptors (Lipinski definition) is 5. The van der Waals surface area contributed by atoms with Gasteiger partial charge in [-0.3, -0.25) is 9.59 Å². The Morgan fingerprint density at radius 1 is 1.33 bits per heavy atom. The molecule has 1 aromatic carbocycles. The van der Waals surface area contributed by atoms with E-state index < -0.39 is 42.9 Å². The fourth-order valence-electron chi connectivity index (χ4n) is 4.29. The van der Waals surface area contributed by atoms with Gasteiger partial charge in [0.1, 0.15) is 5.75 Å². The van der Waals surface area contributed by atoms with E-state index in [2.05, 4.69) is 15.6 Å². The van der Waals surface area contributed by atoms with Gasteiger partial charge in [-0.1, -0.05) is 6.07 Å². The quantitative estimate of drug-likeness (QED) is 0.579. The minimum Gasteiger partial charge on any atom is -0.493 e. The monoisotopic (exact) mass is 466 g/mol. The predicted octanol–water partition coefficient (Wildman–Crippen LogP) is 3.08. The van der Waals surface area contributed by atoms with Crippen LogP contribution in [-0.2, 0) is 29.0 Å². The molecule has 0 saturated carbocycles. The van der Waals surface area contributed by atoms with Crippen LogP contribution in [0.5, 0.6) is 5.75 Å². The molecule has 11 heteroatoms. The van der Waals surface area contributed by atoms with E-state index in [4.69, 9.17) is 9.84 Å². The summed E-state index contributed by atoms with van der Waals surface area (Å²) in [5, 5.41) is 14.7. The molecule has 0 radical (unpaired) electrons.